The molecule has 2 aromatic carbocycles. The summed E-state index contributed by atoms with van der Waals surface area (Å²) in [7, 11) is 4.77. The van der Waals surface area contributed by atoms with Crippen molar-refractivity contribution < 1.29 is 23.3 Å². The van der Waals surface area contributed by atoms with Crippen molar-refractivity contribution in [2.24, 2.45) is 4.99 Å². The second kappa shape index (κ2) is 13.8. The average molecular weight is 547 g/mol. The van der Waals surface area contributed by atoms with Gasteiger partial charge in [0.25, 0.3) is 0 Å². The molecule has 0 saturated carbocycles. The molecule has 0 saturated heterocycles. The van der Waals surface area contributed by atoms with Gasteiger partial charge >= 0.3 is 0 Å². The smallest absolute Gasteiger partial charge is 0.191 e. The molecule has 31 heavy (non-hydrogen) atoms. The van der Waals surface area contributed by atoms with Gasteiger partial charge in [0, 0.05) is 24.2 Å². The Morgan fingerprint density at radius 1 is 1.00 bits per heavy atom. The first-order valence-electron chi connectivity index (χ1n) is 9.74. The number of nitrogens with zero attached hydrogens (tertiary/aromatic N) is 1. The molecule has 0 spiro atoms. The van der Waals surface area contributed by atoms with Crippen LogP contribution in [0.5, 0.6) is 23.0 Å². The molecule has 0 bridgehead atoms. The molecule has 0 aliphatic carbocycles. The van der Waals surface area contributed by atoms with Crippen LogP contribution in [-0.2, 0) is 6.54 Å². The Kier molecular flexibility index (Phi) is 11.8. The third-order valence-electron chi connectivity index (χ3n) is 4.23. The monoisotopic (exact) mass is 547 g/mol. The maximum absolute atomic E-state index is 13.3. The highest BCUT2D eigenvalue weighted by Crippen LogP contribution is 2.34. The van der Waals surface area contributed by atoms with Gasteiger partial charge in [0.15, 0.2) is 17.5 Å². The van der Waals surface area contributed by atoms with E-state index in [9.17, 15) is 4.39 Å². The number of nitrogens with one attached hydrogen (secondary N) is 2. The fourth-order valence-corrected chi connectivity index (χ4v) is 2.78. The van der Waals surface area contributed by atoms with Gasteiger partial charge in [0.1, 0.15) is 23.4 Å². The van der Waals surface area contributed by atoms with Gasteiger partial charge in [-0.1, -0.05) is 6.07 Å². The number of halogens is 2. The molecular weight excluding hydrogens is 516 g/mol. The van der Waals surface area contributed by atoms with Crippen LogP contribution in [0, 0.1) is 5.82 Å². The lowest BCUT2D eigenvalue weighted by atomic mass is 10.1. The van der Waals surface area contributed by atoms with E-state index < -0.39 is 0 Å². The van der Waals surface area contributed by atoms with Gasteiger partial charge in [-0.3, -0.25) is 0 Å². The minimum atomic E-state index is -0.327. The van der Waals surface area contributed by atoms with Crippen LogP contribution in [0.15, 0.2) is 41.4 Å². The molecule has 0 aliphatic rings. The summed E-state index contributed by atoms with van der Waals surface area (Å²) in [4.78, 5) is 4.62. The van der Waals surface area contributed by atoms with Crippen LogP contribution >= 0.6 is 24.0 Å². The first kappa shape index (κ1) is 26.6. The lowest BCUT2D eigenvalue weighted by molar-refractivity contribution is 0.223. The number of aliphatic imine (C=N–C) groups is 1. The predicted molar refractivity (Wildman–Crippen MR) is 131 cm³/mol. The number of rotatable bonds is 10. The Hall–Kier alpha value is -2.43. The minimum Gasteiger partial charge on any atom is -0.496 e. The fourth-order valence-electron chi connectivity index (χ4n) is 2.78. The average Bonchev–Trinajstić information content (AvgIpc) is 2.75. The number of guanidine groups is 1. The van der Waals surface area contributed by atoms with E-state index in [4.69, 9.17) is 18.9 Å². The summed E-state index contributed by atoms with van der Waals surface area (Å²) in [6, 6.07) is 9.71. The molecule has 9 heteroatoms. The van der Waals surface area contributed by atoms with Crippen molar-refractivity contribution in [2.45, 2.75) is 26.5 Å². The van der Waals surface area contributed by atoms with Crippen LogP contribution in [0.25, 0.3) is 0 Å². The number of hydrogen-bond acceptors (Lipinski definition) is 5. The van der Waals surface area contributed by atoms with Gasteiger partial charge in [0.2, 0.25) is 0 Å². The molecule has 0 aromatic heterocycles. The lowest BCUT2D eigenvalue weighted by Gasteiger charge is -2.18. The zero-order valence-electron chi connectivity index (χ0n) is 18.5. The lowest BCUT2D eigenvalue weighted by Crippen LogP contribution is -2.41. The molecule has 0 radical (unpaired) electrons. The molecule has 1 unspecified atom stereocenters. The largest absolute Gasteiger partial charge is 0.496 e. The summed E-state index contributed by atoms with van der Waals surface area (Å²) in [5, 5.41) is 6.43. The second-order valence-corrected chi connectivity index (χ2v) is 6.48. The highest BCUT2D eigenvalue weighted by molar-refractivity contribution is 14.0. The molecular formula is C22H31FIN3O4. The van der Waals surface area contributed by atoms with Crippen LogP contribution in [0.1, 0.15) is 19.4 Å². The van der Waals surface area contributed by atoms with Crippen LogP contribution in [0.2, 0.25) is 0 Å². The van der Waals surface area contributed by atoms with Crippen molar-refractivity contribution in [3.8, 4) is 23.0 Å². The van der Waals surface area contributed by atoms with Crippen LogP contribution in [-0.4, -0.2) is 46.5 Å². The number of benzene rings is 2. The van der Waals surface area contributed by atoms with Crippen molar-refractivity contribution in [2.75, 3.05) is 34.4 Å². The number of methoxy groups -OCH3 is 3. The summed E-state index contributed by atoms with van der Waals surface area (Å²) < 4.78 is 35.2. The van der Waals surface area contributed by atoms with E-state index in [2.05, 4.69) is 15.6 Å². The Labute approximate surface area is 200 Å². The van der Waals surface area contributed by atoms with E-state index in [1.165, 1.54) is 12.1 Å². The summed E-state index contributed by atoms with van der Waals surface area (Å²) >= 11 is 0. The van der Waals surface area contributed by atoms with Crippen molar-refractivity contribution in [1.29, 1.82) is 0 Å². The number of ether oxygens (including phenoxy) is 4. The molecule has 2 N–H and O–H groups in total. The molecule has 0 amide bonds. The standard InChI is InChI=1S/C22H30FN3O4.HI/c1-6-24-22(25-13-15(2)30-18-9-7-8-17(23)11-18)26-14-16-10-20(28-4)21(29-5)12-19(16)27-3;/h7-12,15H,6,13-14H2,1-5H3,(H2,24,25,26);1H. The van der Waals surface area contributed by atoms with Crippen LogP contribution < -0.4 is 29.6 Å². The predicted octanol–water partition coefficient (Wildman–Crippen LogP) is 3.99. The Bertz CT molecular complexity index is 852. The van der Waals surface area contributed by atoms with E-state index in [0.29, 0.717) is 48.6 Å². The molecule has 0 aliphatic heterocycles. The van der Waals surface area contributed by atoms with Gasteiger partial charge in [-0.2, -0.15) is 0 Å². The SMILES string of the molecule is CCNC(=NCc1cc(OC)c(OC)cc1OC)NCC(C)Oc1cccc(F)c1.I. The molecule has 0 heterocycles. The Morgan fingerprint density at radius 3 is 2.29 bits per heavy atom. The summed E-state index contributed by atoms with van der Waals surface area (Å²) in [5.41, 5.74) is 0.858. The molecule has 2 aromatic rings. The van der Waals surface area contributed by atoms with Gasteiger partial charge in [-0.15, -0.1) is 24.0 Å². The quantitative estimate of drug-likeness (QED) is 0.266. The molecule has 7 nitrogen and oxygen atoms in total. The van der Waals surface area contributed by atoms with E-state index in [1.807, 2.05) is 19.9 Å². The molecule has 0 fully saturated rings. The first-order valence-corrected chi connectivity index (χ1v) is 9.74. The van der Waals surface area contributed by atoms with Crippen LogP contribution in [0.4, 0.5) is 4.39 Å². The summed E-state index contributed by atoms with van der Waals surface area (Å²) in [6.07, 6.45) is -0.189. The third-order valence-corrected chi connectivity index (χ3v) is 4.23. The van der Waals surface area contributed by atoms with Gasteiger partial charge in [-0.05, 0) is 32.0 Å². The van der Waals surface area contributed by atoms with Crippen molar-refractivity contribution in [3.05, 3.63) is 47.8 Å². The Morgan fingerprint density at radius 2 is 1.68 bits per heavy atom. The summed E-state index contributed by atoms with van der Waals surface area (Å²) in [5.74, 6) is 2.65. The van der Waals surface area contributed by atoms with Gasteiger partial charge in [0.05, 0.1) is 34.4 Å². The first-order chi connectivity index (χ1) is 14.5. The normalized spacial score (nSPS) is 11.7. The maximum Gasteiger partial charge on any atom is 0.191 e. The molecule has 2 rings (SSSR count). The maximum atomic E-state index is 13.3. The Balaban J connectivity index is 0.00000480. The fraction of sp³-hybridized carbons (Fsp3) is 0.409. The topological polar surface area (TPSA) is 73.3 Å². The van der Waals surface area contributed by atoms with Crippen molar-refractivity contribution in [3.63, 3.8) is 0 Å². The molecule has 1 atom stereocenters. The van der Waals surface area contributed by atoms with E-state index in [0.717, 1.165) is 5.56 Å². The van der Waals surface area contributed by atoms with Crippen molar-refractivity contribution in [1.82, 2.24) is 10.6 Å². The summed E-state index contributed by atoms with van der Waals surface area (Å²) in [6.45, 7) is 5.46. The highest BCUT2D eigenvalue weighted by atomic mass is 127. The molecule has 172 valence electrons. The zero-order chi connectivity index (χ0) is 21.9. The highest BCUT2D eigenvalue weighted by Gasteiger charge is 2.12. The van der Waals surface area contributed by atoms with E-state index in [-0.39, 0.29) is 35.9 Å². The number of hydrogen-bond donors (Lipinski definition) is 2. The van der Waals surface area contributed by atoms with Crippen molar-refractivity contribution >= 4 is 29.9 Å². The zero-order valence-corrected chi connectivity index (χ0v) is 20.9. The minimum absolute atomic E-state index is 0. The van der Waals surface area contributed by atoms with Gasteiger partial charge < -0.3 is 29.6 Å². The van der Waals surface area contributed by atoms with Gasteiger partial charge in [-0.25, -0.2) is 9.38 Å². The second-order valence-electron chi connectivity index (χ2n) is 6.48. The third kappa shape index (κ3) is 8.31. The van der Waals surface area contributed by atoms with E-state index >= 15 is 0 Å². The van der Waals surface area contributed by atoms with E-state index in [1.54, 1.807) is 39.5 Å². The van der Waals surface area contributed by atoms with Crippen LogP contribution in [0.3, 0.4) is 0 Å².